The maximum absolute atomic E-state index is 13.2. The Morgan fingerprint density at radius 2 is 2.29 bits per heavy atom. The summed E-state index contributed by atoms with van der Waals surface area (Å²) < 4.78 is 13.2. The van der Waals surface area contributed by atoms with Crippen molar-refractivity contribution in [2.75, 3.05) is 6.54 Å². The Bertz CT molecular complexity index is 683. The highest BCUT2D eigenvalue weighted by atomic mass is 32.1. The van der Waals surface area contributed by atoms with Crippen molar-refractivity contribution < 1.29 is 14.3 Å². The zero-order chi connectivity index (χ0) is 15.0. The predicted molar refractivity (Wildman–Crippen MR) is 79.9 cm³/mol. The van der Waals surface area contributed by atoms with Gasteiger partial charge in [0.1, 0.15) is 11.9 Å². The zero-order valence-electron chi connectivity index (χ0n) is 11.7. The molecule has 1 N–H and O–H groups in total. The van der Waals surface area contributed by atoms with Gasteiger partial charge in [-0.25, -0.2) is 4.39 Å². The first-order valence-electron chi connectivity index (χ1n) is 6.84. The summed E-state index contributed by atoms with van der Waals surface area (Å²) in [6, 6.07) is 5.96. The lowest BCUT2D eigenvalue weighted by molar-refractivity contribution is -0.144. The van der Waals surface area contributed by atoms with E-state index in [9.17, 15) is 14.3 Å². The molecule has 21 heavy (non-hydrogen) atoms. The van der Waals surface area contributed by atoms with Crippen molar-refractivity contribution in [1.29, 1.82) is 0 Å². The summed E-state index contributed by atoms with van der Waals surface area (Å²) in [6.07, 6.45) is 0.872. The minimum atomic E-state index is -0.825. The van der Waals surface area contributed by atoms with Gasteiger partial charge in [0.2, 0.25) is 0 Å². The molecular formula is C16H16FNO2S. The highest BCUT2D eigenvalue weighted by molar-refractivity contribution is 7.10. The Morgan fingerprint density at radius 3 is 3.00 bits per heavy atom. The summed E-state index contributed by atoms with van der Waals surface area (Å²) in [7, 11) is 0. The molecule has 0 saturated heterocycles. The summed E-state index contributed by atoms with van der Waals surface area (Å²) in [6.45, 7) is 3.09. The van der Waals surface area contributed by atoms with Crippen molar-refractivity contribution in [3.8, 4) is 0 Å². The van der Waals surface area contributed by atoms with Crippen LogP contribution in [0, 0.1) is 12.7 Å². The lowest BCUT2D eigenvalue weighted by atomic mass is 9.98. The van der Waals surface area contributed by atoms with E-state index < -0.39 is 12.0 Å². The third kappa shape index (κ3) is 2.71. The normalized spacial score (nSPS) is 18.5. The van der Waals surface area contributed by atoms with E-state index in [-0.39, 0.29) is 5.82 Å². The van der Waals surface area contributed by atoms with Gasteiger partial charge in [0.05, 0.1) is 0 Å². The second kappa shape index (κ2) is 5.58. The van der Waals surface area contributed by atoms with Crippen LogP contribution in [0.2, 0.25) is 0 Å². The maximum Gasteiger partial charge on any atom is 0.325 e. The Morgan fingerprint density at radius 1 is 1.48 bits per heavy atom. The minimum Gasteiger partial charge on any atom is -0.480 e. The number of hydrogen-bond donors (Lipinski definition) is 1. The number of aryl methyl sites for hydroxylation is 1. The number of carboxylic acids is 1. The molecule has 0 radical (unpaired) electrons. The topological polar surface area (TPSA) is 40.5 Å². The molecule has 2 aromatic rings. The number of nitrogens with zero attached hydrogens (tertiary/aromatic N) is 1. The number of carboxylic acid groups (broad SMARTS) is 1. The Labute approximate surface area is 126 Å². The van der Waals surface area contributed by atoms with Crippen LogP contribution in [-0.4, -0.2) is 22.5 Å². The molecule has 1 aliphatic rings. The van der Waals surface area contributed by atoms with Gasteiger partial charge >= 0.3 is 5.97 Å². The van der Waals surface area contributed by atoms with Gasteiger partial charge in [-0.15, -0.1) is 11.3 Å². The highest BCUT2D eigenvalue weighted by Crippen LogP contribution is 2.34. The zero-order valence-corrected chi connectivity index (χ0v) is 12.5. The lowest BCUT2D eigenvalue weighted by Gasteiger charge is -2.33. The van der Waals surface area contributed by atoms with E-state index in [2.05, 4.69) is 0 Å². The fourth-order valence-corrected chi connectivity index (χ4v) is 3.79. The van der Waals surface area contributed by atoms with E-state index in [4.69, 9.17) is 0 Å². The Kier molecular flexibility index (Phi) is 3.78. The van der Waals surface area contributed by atoms with Crippen LogP contribution in [0.3, 0.4) is 0 Å². The van der Waals surface area contributed by atoms with Crippen molar-refractivity contribution in [1.82, 2.24) is 4.90 Å². The largest absolute Gasteiger partial charge is 0.480 e. The average Bonchev–Trinajstić information content (AvgIpc) is 2.89. The van der Waals surface area contributed by atoms with Gasteiger partial charge in [-0.3, -0.25) is 9.69 Å². The summed E-state index contributed by atoms with van der Waals surface area (Å²) in [5, 5.41) is 11.5. The number of thiophene rings is 1. The fraction of sp³-hybridized carbons (Fsp3) is 0.312. The SMILES string of the molecule is Cc1cc(F)ccc1CN1CCc2sccc2C1C(=O)O. The average molecular weight is 305 g/mol. The molecule has 1 unspecified atom stereocenters. The van der Waals surface area contributed by atoms with Gasteiger partial charge in [-0.05, 0) is 53.6 Å². The molecule has 0 amide bonds. The molecule has 0 saturated carbocycles. The van der Waals surface area contributed by atoms with E-state index in [1.807, 2.05) is 23.3 Å². The summed E-state index contributed by atoms with van der Waals surface area (Å²) in [5.41, 5.74) is 2.73. The van der Waals surface area contributed by atoms with Gasteiger partial charge < -0.3 is 5.11 Å². The van der Waals surface area contributed by atoms with E-state index in [0.29, 0.717) is 13.1 Å². The van der Waals surface area contributed by atoms with Gasteiger partial charge in [0, 0.05) is 18.0 Å². The minimum absolute atomic E-state index is 0.259. The molecule has 0 spiro atoms. The Hall–Kier alpha value is -1.72. The number of aliphatic carboxylic acids is 1. The predicted octanol–water partition coefficient (Wildman–Crippen LogP) is 3.38. The molecule has 110 valence electrons. The number of rotatable bonds is 3. The molecule has 0 fully saturated rings. The van der Waals surface area contributed by atoms with Crippen molar-refractivity contribution >= 4 is 17.3 Å². The smallest absolute Gasteiger partial charge is 0.325 e. The first-order valence-corrected chi connectivity index (χ1v) is 7.72. The van der Waals surface area contributed by atoms with Crippen LogP contribution in [0.1, 0.15) is 27.6 Å². The molecule has 1 aromatic carbocycles. The van der Waals surface area contributed by atoms with Crippen molar-refractivity contribution in [3.05, 3.63) is 57.0 Å². The molecule has 5 heteroatoms. The van der Waals surface area contributed by atoms with Crippen LogP contribution in [0.4, 0.5) is 4.39 Å². The van der Waals surface area contributed by atoms with Gasteiger partial charge in [0.15, 0.2) is 0 Å². The molecule has 3 rings (SSSR count). The molecule has 3 nitrogen and oxygen atoms in total. The number of carbonyl (C=O) groups is 1. The van der Waals surface area contributed by atoms with Crippen molar-refractivity contribution in [2.45, 2.75) is 25.9 Å². The fourth-order valence-electron chi connectivity index (χ4n) is 2.88. The summed E-state index contributed by atoms with van der Waals surface area (Å²) in [4.78, 5) is 14.8. The van der Waals surface area contributed by atoms with Crippen LogP contribution >= 0.6 is 11.3 Å². The highest BCUT2D eigenvalue weighted by Gasteiger charge is 2.33. The number of halogens is 1. The standard InChI is InChI=1S/C16H16FNO2S/c1-10-8-12(17)3-2-11(10)9-18-6-4-14-13(5-7-21-14)15(18)16(19)20/h2-3,5,7-8,15H,4,6,9H2,1H3,(H,19,20). The second-order valence-corrected chi connectivity index (χ2v) is 6.33. The van der Waals surface area contributed by atoms with E-state index in [1.165, 1.54) is 12.1 Å². The van der Waals surface area contributed by atoms with Crippen LogP contribution < -0.4 is 0 Å². The van der Waals surface area contributed by atoms with Gasteiger partial charge in [-0.2, -0.15) is 0 Å². The first-order chi connectivity index (χ1) is 10.1. The lowest BCUT2D eigenvalue weighted by Crippen LogP contribution is -2.38. The molecule has 0 bridgehead atoms. The van der Waals surface area contributed by atoms with Crippen LogP contribution in [0.25, 0.3) is 0 Å². The van der Waals surface area contributed by atoms with E-state index >= 15 is 0 Å². The number of hydrogen-bond acceptors (Lipinski definition) is 3. The molecular weight excluding hydrogens is 289 g/mol. The molecule has 1 aliphatic heterocycles. The summed E-state index contributed by atoms with van der Waals surface area (Å²) >= 11 is 1.62. The number of fused-ring (bicyclic) bond motifs is 1. The Balaban J connectivity index is 1.90. The molecule has 2 heterocycles. The van der Waals surface area contributed by atoms with Crippen LogP contribution in [0.5, 0.6) is 0 Å². The van der Waals surface area contributed by atoms with Crippen LogP contribution in [-0.2, 0) is 17.8 Å². The third-order valence-electron chi connectivity index (χ3n) is 3.98. The molecule has 1 aromatic heterocycles. The third-order valence-corrected chi connectivity index (χ3v) is 4.97. The number of benzene rings is 1. The quantitative estimate of drug-likeness (QED) is 0.945. The summed E-state index contributed by atoms with van der Waals surface area (Å²) in [5.74, 6) is -1.08. The van der Waals surface area contributed by atoms with E-state index in [1.54, 1.807) is 17.4 Å². The molecule has 1 atom stereocenters. The van der Waals surface area contributed by atoms with Gasteiger partial charge in [0.25, 0.3) is 0 Å². The van der Waals surface area contributed by atoms with Gasteiger partial charge in [-0.1, -0.05) is 6.07 Å². The molecule has 0 aliphatic carbocycles. The van der Waals surface area contributed by atoms with E-state index in [0.717, 1.165) is 28.0 Å². The van der Waals surface area contributed by atoms with Crippen molar-refractivity contribution in [3.63, 3.8) is 0 Å². The first kappa shape index (κ1) is 14.2. The second-order valence-electron chi connectivity index (χ2n) is 5.33. The van der Waals surface area contributed by atoms with Crippen LogP contribution in [0.15, 0.2) is 29.6 Å². The van der Waals surface area contributed by atoms with Crippen molar-refractivity contribution in [2.24, 2.45) is 0 Å². The maximum atomic E-state index is 13.2. The monoisotopic (exact) mass is 305 g/mol.